The van der Waals surface area contributed by atoms with E-state index in [0.29, 0.717) is 17.8 Å². The van der Waals surface area contributed by atoms with Gasteiger partial charge in [-0.1, -0.05) is 6.07 Å². The second-order valence-corrected chi connectivity index (χ2v) is 4.37. The molecule has 0 aliphatic heterocycles. The van der Waals surface area contributed by atoms with Crippen molar-refractivity contribution in [2.24, 2.45) is 0 Å². The Morgan fingerprint density at radius 2 is 2.11 bits per heavy atom. The summed E-state index contributed by atoms with van der Waals surface area (Å²) < 4.78 is 0. The Bertz CT molecular complexity index is 610. The molecular formula is C14H16N4O. The number of hydrogen-bond acceptors (Lipinski definition) is 4. The molecule has 98 valence electrons. The SMILES string of the molecule is Cc1cc(N)c(C(=O)NCc2cccc(C)n2)cn1. The third-order valence-electron chi connectivity index (χ3n) is 2.69. The van der Waals surface area contributed by atoms with Crippen LogP contribution in [0.4, 0.5) is 5.69 Å². The van der Waals surface area contributed by atoms with Crippen LogP contribution in [0.1, 0.15) is 27.4 Å². The van der Waals surface area contributed by atoms with Gasteiger partial charge in [0.1, 0.15) is 0 Å². The lowest BCUT2D eigenvalue weighted by molar-refractivity contribution is 0.0951. The number of aryl methyl sites for hydroxylation is 2. The minimum Gasteiger partial charge on any atom is -0.398 e. The van der Waals surface area contributed by atoms with Gasteiger partial charge in [-0.05, 0) is 32.0 Å². The zero-order valence-electron chi connectivity index (χ0n) is 11.0. The average Bonchev–Trinajstić information content (AvgIpc) is 2.36. The Balaban J connectivity index is 2.05. The molecule has 2 aromatic rings. The van der Waals surface area contributed by atoms with Gasteiger partial charge in [0.2, 0.25) is 0 Å². The van der Waals surface area contributed by atoms with Crippen LogP contribution in [0, 0.1) is 13.8 Å². The maximum Gasteiger partial charge on any atom is 0.255 e. The molecule has 2 aromatic heterocycles. The van der Waals surface area contributed by atoms with E-state index in [1.165, 1.54) is 6.20 Å². The predicted molar refractivity (Wildman–Crippen MR) is 73.5 cm³/mol. The topological polar surface area (TPSA) is 80.9 Å². The molecule has 0 aromatic carbocycles. The molecule has 0 fully saturated rings. The number of aromatic nitrogens is 2. The van der Waals surface area contributed by atoms with Gasteiger partial charge in [0.05, 0.1) is 17.8 Å². The number of anilines is 1. The van der Waals surface area contributed by atoms with Crippen molar-refractivity contribution >= 4 is 11.6 Å². The summed E-state index contributed by atoms with van der Waals surface area (Å²) in [4.78, 5) is 20.4. The van der Waals surface area contributed by atoms with Crippen LogP contribution in [0.2, 0.25) is 0 Å². The molecule has 2 rings (SSSR count). The minimum absolute atomic E-state index is 0.242. The first-order chi connectivity index (χ1) is 9.06. The number of rotatable bonds is 3. The predicted octanol–water partition coefficient (Wildman–Crippen LogP) is 1.61. The lowest BCUT2D eigenvalue weighted by Gasteiger charge is -2.07. The largest absolute Gasteiger partial charge is 0.398 e. The fourth-order valence-corrected chi connectivity index (χ4v) is 1.73. The van der Waals surface area contributed by atoms with Crippen LogP contribution in [0.3, 0.4) is 0 Å². The number of nitrogen functional groups attached to an aromatic ring is 1. The molecule has 0 bridgehead atoms. The minimum atomic E-state index is -0.242. The molecule has 0 aliphatic carbocycles. The van der Waals surface area contributed by atoms with Crippen LogP contribution in [0.25, 0.3) is 0 Å². The van der Waals surface area contributed by atoms with Gasteiger partial charge in [0, 0.05) is 23.3 Å². The third kappa shape index (κ3) is 3.28. The summed E-state index contributed by atoms with van der Waals surface area (Å²) >= 11 is 0. The highest BCUT2D eigenvalue weighted by atomic mass is 16.1. The zero-order chi connectivity index (χ0) is 13.8. The molecule has 0 saturated heterocycles. The summed E-state index contributed by atoms with van der Waals surface area (Å²) in [6.45, 7) is 4.11. The summed E-state index contributed by atoms with van der Waals surface area (Å²) in [6.07, 6.45) is 1.49. The number of carbonyl (C=O) groups is 1. The Hall–Kier alpha value is -2.43. The van der Waals surface area contributed by atoms with E-state index in [0.717, 1.165) is 17.1 Å². The molecule has 0 saturated carbocycles. The van der Waals surface area contributed by atoms with Crippen LogP contribution in [-0.4, -0.2) is 15.9 Å². The van der Waals surface area contributed by atoms with E-state index in [1.807, 2.05) is 32.0 Å². The maximum atomic E-state index is 12.0. The van der Waals surface area contributed by atoms with E-state index < -0.39 is 0 Å². The normalized spacial score (nSPS) is 10.2. The first kappa shape index (κ1) is 13.0. The summed E-state index contributed by atoms with van der Waals surface area (Å²) in [6, 6.07) is 7.36. The van der Waals surface area contributed by atoms with E-state index in [9.17, 15) is 4.79 Å². The van der Waals surface area contributed by atoms with Crippen LogP contribution in [-0.2, 0) is 6.54 Å². The summed E-state index contributed by atoms with van der Waals surface area (Å²) in [5.74, 6) is -0.242. The van der Waals surface area contributed by atoms with Crippen molar-refractivity contribution in [3.8, 4) is 0 Å². The van der Waals surface area contributed by atoms with E-state index in [1.54, 1.807) is 6.07 Å². The van der Waals surface area contributed by atoms with Gasteiger partial charge in [-0.25, -0.2) is 0 Å². The molecule has 19 heavy (non-hydrogen) atoms. The van der Waals surface area contributed by atoms with Crippen molar-refractivity contribution in [1.82, 2.24) is 15.3 Å². The van der Waals surface area contributed by atoms with Crippen LogP contribution >= 0.6 is 0 Å². The Labute approximate surface area is 111 Å². The molecule has 1 amide bonds. The highest BCUT2D eigenvalue weighted by Gasteiger charge is 2.10. The number of nitrogens with two attached hydrogens (primary N) is 1. The van der Waals surface area contributed by atoms with Gasteiger partial charge >= 0.3 is 0 Å². The van der Waals surface area contributed by atoms with E-state index in [2.05, 4.69) is 15.3 Å². The van der Waals surface area contributed by atoms with Gasteiger partial charge in [-0.2, -0.15) is 0 Å². The van der Waals surface area contributed by atoms with E-state index in [-0.39, 0.29) is 5.91 Å². The highest BCUT2D eigenvalue weighted by Crippen LogP contribution is 2.11. The molecule has 0 radical (unpaired) electrons. The molecule has 3 N–H and O–H groups in total. The van der Waals surface area contributed by atoms with E-state index >= 15 is 0 Å². The van der Waals surface area contributed by atoms with Gasteiger partial charge in [0.25, 0.3) is 5.91 Å². The molecular weight excluding hydrogens is 240 g/mol. The number of amides is 1. The molecule has 5 nitrogen and oxygen atoms in total. The van der Waals surface area contributed by atoms with E-state index in [4.69, 9.17) is 5.73 Å². The Morgan fingerprint density at radius 1 is 1.32 bits per heavy atom. The second kappa shape index (κ2) is 5.48. The first-order valence-corrected chi connectivity index (χ1v) is 5.99. The lowest BCUT2D eigenvalue weighted by atomic mass is 10.2. The zero-order valence-corrected chi connectivity index (χ0v) is 11.0. The van der Waals surface area contributed by atoms with Gasteiger partial charge in [-0.3, -0.25) is 14.8 Å². The summed E-state index contributed by atoms with van der Waals surface area (Å²) in [5.41, 5.74) is 9.14. The first-order valence-electron chi connectivity index (χ1n) is 5.99. The highest BCUT2D eigenvalue weighted by molar-refractivity contribution is 5.98. The van der Waals surface area contributed by atoms with Gasteiger partial charge in [0.15, 0.2) is 0 Å². The number of hydrogen-bond donors (Lipinski definition) is 2. The Kier molecular flexibility index (Phi) is 3.75. The molecule has 2 heterocycles. The van der Waals surface area contributed by atoms with Crippen molar-refractivity contribution in [1.29, 1.82) is 0 Å². The quantitative estimate of drug-likeness (QED) is 0.874. The fourth-order valence-electron chi connectivity index (χ4n) is 1.73. The number of carbonyl (C=O) groups excluding carboxylic acids is 1. The molecule has 0 aliphatic rings. The van der Waals surface area contributed by atoms with Gasteiger partial charge in [-0.15, -0.1) is 0 Å². The van der Waals surface area contributed by atoms with Crippen LogP contribution < -0.4 is 11.1 Å². The monoisotopic (exact) mass is 256 g/mol. The summed E-state index contributed by atoms with van der Waals surface area (Å²) in [7, 11) is 0. The smallest absolute Gasteiger partial charge is 0.255 e. The average molecular weight is 256 g/mol. The molecule has 0 unspecified atom stereocenters. The van der Waals surface area contributed by atoms with Crippen molar-refractivity contribution < 1.29 is 4.79 Å². The van der Waals surface area contributed by atoms with Crippen molar-refractivity contribution in [3.05, 3.63) is 53.1 Å². The van der Waals surface area contributed by atoms with Crippen LogP contribution in [0.15, 0.2) is 30.5 Å². The molecule has 0 spiro atoms. The maximum absolute atomic E-state index is 12.0. The van der Waals surface area contributed by atoms with Crippen molar-refractivity contribution in [2.75, 3.05) is 5.73 Å². The number of pyridine rings is 2. The third-order valence-corrected chi connectivity index (χ3v) is 2.69. The number of nitrogens with zero attached hydrogens (tertiary/aromatic N) is 2. The number of nitrogens with one attached hydrogen (secondary N) is 1. The molecule has 5 heteroatoms. The second-order valence-electron chi connectivity index (χ2n) is 4.37. The van der Waals surface area contributed by atoms with Crippen molar-refractivity contribution in [3.63, 3.8) is 0 Å². The lowest BCUT2D eigenvalue weighted by Crippen LogP contribution is -2.24. The van der Waals surface area contributed by atoms with Gasteiger partial charge < -0.3 is 11.1 Å². The summed E-state index contributed by atoms with van der Waals surface area (Å²) in [5, 5.41) is 2.78. The Morgan fingerprint density at radius 3 is 2.79 bits per heavy atom. The van der Waals surface area contributed by atoms with Crippen LogP contribution in [0.5, 0.6) is 0 Å². The molecule has 0 atom stereocenters. The van der Waals surface area contributed by atoms with Crippen molar-refractivity contribution in [2.45, 2.75) is 20.4 Å². The fraction of sp³-hybridized carbons (Fsp3) is 0.214. The standard InChI is InChI=1S/C14H16N4O/c1-9-4-3-5-11(18-9)7-17-14(19)12-8-16-10(2)6-13(12)15/h3-6,8H,7H2,1-2H3,(H2,15,16)(H,17,19).